The van der Waals surface area contributed by atoms with Crippen molar-refractivity contribution in [3.05, 3.63) is 94.4 Å². The van der Waals surface area contributed by atoms with Gasteiger partial charge in [0.15, 0.2) is 0 Å². The highest BCUT2D eigenvalue weighted by atomic mass is 19.1. The summed E-state index contributed by atoms with van der Waals surface area (Å²) in [7, 11) is 1.75. The second-order valence-electron chi connectivity index (χ2n) is 12.6. The first kappa shape index (κ1) is 34.2. The van der Waals surface area contributed by atoms with E-state index in [1.54, 1.807) is 25.5 Å². The van der Waals surface area contributed by atoms with Gasteiger partial charge < -0.3 is 30.7 Å². The monoisotopic (exact) mass is 619 g/mol. The molecule has 1 aliphatic carbocycles. The molecule has 2 saturated heterocycles. The summed E-state index contributed by atoms with van der Waals surface area (Å²) in [5, 5.41) is 6.61. The molecule has 9 heteroatoms. The number of carbonyl (C=O) groups excluding carboxylic acids is 1. The van der Waals surface area contributed by atoms with Crippen molar-refractivity contribution in [1.29, 1.82) is 0 Å². The second-order valence-corrected chi connectivity index (χ2v) is 12.6. The van der Waals surface area contributed by atoms with Crippen LogP contribution in [0, 0.1) is 11.2 Å². The van der Waals surface area contributed by atoms with Gasteiger partial charge >= 0.3 is 0 Å². The molecule has 2 aliphatic heterocycles. The topological polar surface area (TPSA) is 101 Å². The number of nitrogens with zero attached hydrogens (tertiary/aromatic N) is 2. The fourth-order valence-corrected chi connectivity index (χ4v) is 6.66. The number of hydrogen-bond acceptors (Lipinski definition) is 7. The number of ether oxygens (including phenoxy) is 2. The van der Waals surface area contributed by atoms with E-state index in [9.17, 15) is 9.18 Å². The van der Waals surface area contributed by atoms with Crippen LogP contribution in [-0.4, -0.2) is 63.0 Å². The van der Waals surface area contributed by atoms with Crippen LogP contribution in [0.4, 0.5) is 4.39 Å². The molecule has 0 unspecified atom stereocenters. The summed E-state index contributed by atoms with van der Waals surface area (Å²) in [6, 6.07) is 4.69. The Bertz CT molecular complexity index is 1360. The summed E-state index contributed by atoms with van der Waals surface area (Å²) >= 11 is 0. The number of nitrogens with two attached hydrogens (primary N) is 1. The van der Waals surface area contributed by atoms with E-state index in [1.807, 2.05) is 19.9 Å². The van der Waals surface area contributed by atoms with Gasteiger partial charge in [-0.3, -0.25) is 4.79 Å². The predicted molar refractivity (Wildman–Crippen MR) is 179 cm³/mol. The lowest BCUT2D eigenvalue weighted by Gasteiger charge is -2.46. The van der Waals surface area contributed by atoms with Crippen molar-refractivity contribution in [1.82, 2.24) is 15.5 Å². The Hall–Kier alpha value is -3.69. The molecule has 1 spiro atoms. The van der Waals surface area contributed by atoms with Crippen LogP contribution in [0.25, 0.3) is 0 Å². The van der Waals surface area contributed by atoms with E-state index in [0.29, 0.717) is 29.7 Å². The molecular formula is C36H50FN5O3. The quantitative estimate of drug-likeness (QED) is 0.252. The number of aliphatic imine (C=N–C) groups is 1. The average Bonchev–Trinajstić information content (AvgIpc) is 3.50. The Balaban J connectivity index is 1.35. The molecule has 0 radical (unpaired) electrons. The van der Waals surface area contributed by atoms with Crippen molar-refractivity contribution in [2.75, 3.05) is 40.0 Å². The second kappa shape index (κ2) is 16.0. The maximum atomic E-state index is 14.7. The largest absolute Gasteiger partial charge is 0.492 e. The molecule has 8 nitrogen and oxygen atoms in total. The van der Waals surface area contributed by atoms with E-state index in [-0.39, 0.29) is 17.8 Å². The zero-order valence-electron chi connectivity index (χ0n) is 27.2. The molecule has 0 bridgehead atoms. The summed E-state index contributed by atoms with van der Waals surface area (Å²) in [4.78, 5) is 19.7. The highest BCUT2D eigenvalue weighted by Crippen LogP contribution is 2.44. The SMILES string of the molecule is C=CC(=C1/OCC/C1=C(/C)NCc1cc(F)cc(C(=O)NC2CCC3(CC2)CCN(CCOC)CC3)c1)/C(C)=C/C=N\C(=C)N. The normalized spacial score (nSPS) is 21.5. The van der Waals surface area contributed by atoms with E-state index in [1.165, 1.54) is 25.0 Å². The minimum absolute atomic E-state index is 0.121. The molecule has 0 atom stereocenters. The Morgan fingerprint density at radius 1 is 1.22 bits per heavy atom. The molecule has 4 rings (SSSR count). The first-order chi connectivity index (χ1) is 21.6. The van der Waals surface area contributed by atoms with Crippen LogP contribution >= 0.6 is 0 Å². The number of likely N-dealkylation sites (tertiary alicyclic amines) is 1. The molecule has 45 heavy (non-hydrogen) atoms. The minimum atomic E-state index is -0.422. The predicted octanol–water partition coefficient (Wildman–Crippen LogP) is 5.90. The number of halogens is 1. The van der Waals surface area contributed by atoms with Crippen molar-refractivity contribution in [2.24, 2.45) is 16.1 Å². The Morgan fingerprint density at radius 3 is 2.62 bits per heavy atom. The van der Waals surface area contributed by atoms with Gasteiger partial charge in [0.05, 0.1) is 13.2 Å². The number of benzene rings is 1. The van der Waals surface area contributed by atoms with Gasteiger partial charge in [0.25, 0.3) is 5.91 Å². The number of nitrogens with one attached hydrogen (secondary N) is 2. The summed E-state index contributed by atoms with van der Waals surface area (Å²) in [5.74, 6) is 0.355. The number of piperidine rings is 1. The van der Waals surface area contributed by atoms with Crippen LogP contribution in [0.1, 0.15) is 74.7 Å². The summed E-state index contributed by atoms with van der Waals surface area (Å²) in [5.41, 5.74) is 10.7. The molecule has 3 aliphatic rings. The fraction of sp³-hybridized carbons (Fsp3) is 0.500. The van der Waals surface area contributed by atoms with Gasteiger partial charge in [0.1, 0.15) is 17.4 Å². The van der Waals surface area contributed by atoms with Crippen molar-refractivity contribution in [3.63, 3.8) is 0 Å². The van der Waals surface area contributed by atoms with Crippen LogP contribution < -0.4 is 16.4 Å². The third-order valence-corrected chi connectivity index (χ3v) is 9.45. The van der Waals surface area contributed by atoms with Gasteiger partial charge in [-0.05, 0) is 106 Å². The van der Waals surface area contributed by atoms with E-state index in [0.717, 1.165) is 86.5 Å². The molecule has 3 fully saturated rings. The lowest BCUT2D eigenvalue weighted by atomic mass is 9.67. The van der Waals surface area contributed by atoms with Crippen molar-refractivity contribution in [3.8, 4) is 0 Å². The first-order valence-electron chi connectivity index (χ1n) is 16.0. The molecule has 1 aromatic rings. The molecule has 244 valence electrons. The van der Waals surface area contributed by atoms with E-state index >= 15 is 0 Å². The van der Waals surface area contributed by atoms with Gasteiger partial charge in [-0.25, -0.2) is 9.38 Å². The third kappa shape index (κ3) is 9.41. The number of hydrogen-bond donors (Lipinski definition) is 3. The Kier molecular flexibility index (Phi) is 12.2. The first-order valence-corrected chi connectivity index (χ1v) is 16.0. The molecule has 1 amide bonds. The molecule has 4 N–H and O–H groups in total. The highest BCUT2D eigenvalue weighted by molar-refractivity contribution is 5.94. The van der Waals surface area contributed by atoms with Gasteiger partial charge in [0.2, 0.25) is 0 Å². The van der Waals surface area contributed by atoms with Crippen LogP contribution in [0.2, 0.25) is 0 Å². The van der Waals surface area contributed by atoms with Gasteiger partial charge in [-0.1, -0.05) is 19.2 Å². The van der Waals surface area contributed by atoms with Gasteiger partial charge in [0, 0.05) is 61.3 Å². The fourth-order valence-electron chi connectivity index (χ4n) is 6.66. The van der Waals surface area contributed by atoms with E-state index < -0.39 is 5.82 Å². The minimum Gasteiger partial charge on any atom is -0.492 e. The summed E-state index contributed by atoms with van der Waals surface area (Å²) < 4.78 is 25.9. The van der Waals surface area contributed by atoms with Gasteiger partial charge in [-0.2, -0.15) is 0 Å². The number of carbonyl (C=O) groups is 1. The van der Waals surface area contributed by atoms with Crippen molar-refractivity contribution in [2.45, 2.75) is 71.4 Å². The van der Waals surface area contributed by atoms with Crippen LogP contribution in [-0.2, 0) is 16.0 Å². The Morgan fingerprint density at radius 2 is 1.96 bits per heavy atom. The van der Waals surface area contributed by atoms with E-state index in [4.69, 9.17) is 15.2 Å². The lowest BCUT2D eigenvalue weighted by Crippen LogP contribution is -2.46. The number of rotatable bonds is 12. The number of amides is 1. The zero-order chi connectivity index (χ0) is 32.4. The van der Waals surface area contributed by atoms with Crippen LogP contribution in [0.5, 0.6) is 0 Å². The van der Waals surface area contributed by atoms with Crippen molar-refractivity contribution < 1.29 is 18.7 Å². The van der Waals surface area contributed by atoms with Gasteiger partial charge in [-0.15, -0.1) is 0 Å². The zero-order valence-corrected chi connectivity index (χ0v) is 27.2. The maximum Gasteiger partial charge on any atom is 0.251 e. The number of methoxy groups -OCH3 is 1. The maximum absolute atomic E-state index is 14.7. The molecule has 1 aromatic carbocycles. The smallest absolute Gasteiger partial charge is 0.251 e. The van der Waals surface area contributed by atoms with E-state index in [2.05, 4.69) is 33.7 Å². The molecule has 0 aromatic heterocycles. The summed E-state index contributed by atoms with van der Waals surface area (Å²) in [6.45, 7) is 16.4. The highest BCUT2D eigenvalue weighted by Gasteiger charge is 2.38. The van der Waals surface area contributed by atoms with Crippen molar-refractivity contribution >= 4 is 12.1 Å². The molecule has 2 heterocycles. The standard InChI is InChI=1S/C36H50FN5O3/c1-6-32(25(2)9-15-39-27(4)38)34-33(10-19-45-34)26(3)40-24-28-21-29(23-30(37)22-28)35(43)41-31-7-11-36(12-8-31)13-16-42(17-14-36)18-20-44-5/h6,9,15,21-23,31,40H,1,4,7-8,10-14,16-20,24,38H2,2-3,5H3,(H,41,43)/b25-9+,33-26+,34-32-,39-15-. The molecular weight excluding hydrogens is 569 g/mol. The molecule has 1 saturated carbocycles. The Labute approximate surface area is 268 Å². The van der Waals surface area contributed by atoms with Crippen LogP contribution in [0.3, 0.4) is 0 Å². The van der Waals surface area contributed by atoms with Crippen LogP contribution in [0.15, 0.2) is 82.5 Å². The summed E-state index contributed by atoms with van der Waals surface area (Å²) in [6.07, 6.45) is 12.5. The lowest BCUT2D eigenvalue weighted by molar-refractivity contribution is 0.0448. The average molecular weight is 620 g/mol. The number of allylic oxidation sites excluding steroid dienone is 6. The third-order valence-electron chi connectivity index (χ3n) is 9.45.